The van der Waals surface area contributed by atoms with E-state index in [-0.39, 0.29) is 0 Å². The molecule has 0 bridgehead atoms. The standard InChI is InChI=1S/C8H9IN6/c9-6-3-5(10)1-2-7(6)11-4-8-12-14-15-13-8/h1-3,11H,4,10H2,(H,12,13,14,15). The summed E-state index contributed by atoms with van der Waals surface area (Å²) in [7, 11) is 0. The predicted molar refractivity (Wildman–Crippen MR) is 65.1 cm³/mol. The van der Waals surface area contributed by atoms with Crippen molar-refractivity contribution in [3.63, 3.8) is 0 Å². The van der Waals surface area contributed by atoms with E-state index < -0.39 is 0 Å². The number of hydrogen-bond donors (Lipinski definition) is 3. The lowest BCUT2D eigenvalue weighted by molar-refractivity contribution is 0.881. The number of halogens is 1. The highest BCUT2D eigenvalue weighted by atomic mass is 127. The molecule has 0 saturated carbocycles. The minimum absolute atomic E-state index is 0.538. The molecule has 0 spiro atoms. The van der Waals surface area contributed by atoms with Crippen LogP contribution in [-0.4, -0.2) is 20.6 Å². The summed E-state index contributed by atoms with van der Waals surface area (Å²) in [5, 5.41) is 16.7. The average Bonchev–Trinajstić information content (AvgIpc) is 2.69. The van der Waals surface area contributed by atoms with Crippen LogP contribution < -0.4 is 11.1 Å². The number of rotatable bonds is 3. The number of nitrogens with zero attached hydrogens (tertiary/aromatic N) is 3. The second-order valence-corrected chi connectivity index (χ2v) is 4.08. The fourth-order valence-electron chi connectivity index (χ4n) is 1.11. The lowest BCUT2D eigenvalue weighted by atomic mass is 10.3. The van der Waals surface area contributed by atoms with Crippen molar-refractivity contribution in [3.05, 3.63) is 27.6 Å². The minimum Gasteiger partial charge on any atom is -0.399 e. The lowest BCUT2D eigenvalue weighted by Gasteiger charge is -2.06. The van der Waals surface area contributed by atoms with Crippen molar-refractivity contribution in [1.29, 1.82) is 0 Å². The molecule has 0 aliphatic carbocycles. The van der Waals surface area contributed by atoms with Gasteiger partial charge >= 0.3 is 0 Å². The number of nitrogens with one attached hydrogen (secondary N) is 2. The number of aromatic nitrogens is 4. The largest absolute Gasteiger partial charge is 0.399 e. The van der Waals surface area contributed by atoms with Gasteiger partial charge in [-0.1, -0.05) is 5.21 Å². The molecule has 0 atom stereocenters. The van der Waals surface area contributed by atoms with Crippen LogP contribution >= 0.6 is 22.6 Å². The van der Waals surface area contributed by atoms with E-state index in [4.69, 9.17) is 5.73 Å². The van der Waals surface area contributed by atoms with Crippen molar-refractivity contribution in [2.75, 3.05) is 11.1 Å². The maximum Gasteiger partial charge on any atom is 0.193 e. The van der Waals surface area contributed by atoms with Gasteiger partial charge in [-0.3, -0.25) is 0 Å². The second kappa shape index (κ2) is 4.43. The van der Waals surface area contributed by atoms with E-state index in [0.717, 1.165) is 14.9 Å². The lowest BCUT2D eigenvalue weighted by Crippen LogP contribution is -2.03. The summed E-state index contributed by atoms with van der Waals surface area (Å²) in [6.45, 7) is 0.538. The Bertz CT molecular complexity index is 440. The van der Waals surface area contributed by atoms with Crippen LogP contribution in [0.4, 0.5) is 11.4 Å². The number of benzene rings is 1. The minimum atomic E-state index is 0.538. The Hall–Kier alpha value is -1.38. The zero-order chi connectivity index (χ0) is 10.7. The van der Waals surface area contributed by atoms with Gasteiger partial charge in [0.05, 0.1) is 6.54 Å². The van der Waals surface area contributed by atoms with Gasteiger partial charge in [-0.05, 0) is 40.8 Å². The molecular formula is C8H9IN6. The number of H-pyrrole nitrogens is 1. The molecular weight excluding hydrogens is 307 g/mol. The third-order valence-corrected chi connectivity index (χ3v) is 2.71. The fourth-order valence-corrected chi connectivity index (χ4v) is 1.84. The molecule has 6 nitrogen and oxygen atoms in total. The summed E-state index contributed by atoms with van der Waals surface area (Å²) < 4.78 is 1.07. The molecule has 1 aromatic carbocycles. The monoisotopic (exact) mass is 316 g/mol. The first-order chi connectivity index (χ1) is 7.25. The van der Waals surface area contributed by atoms with Crippen LogP contribution in [0.2, 0.25) is 0 Å². The van der Waals surface area contributed by atoms with Crippen LogP contribution in [-0.2, 0) is 6.54 Å². The molecule has 0 fully saturated rings. The highest BCUT2D eigenvalue weighted by Gasteiger charge is 2.01. The molecule has 0 aliphatic rings. The van der Waals surface area contributed by atoms with E-state index in [1.165, 1.54) is 0 Å². The molecule has 2 aromatic rings. The molecule has 1 aromatic heterocycles. The van der Waals surface area contributed by atoms with Crippen LogP contribution in [0.15, 0.2) is 18.2 Å². The van der Waals surface area contributed by atoms with Crippen LogP contribution in [0, 0.1) is 3.57 Å². The maximum atomic E-state index is 5.65. The normalized spacial score (nSPS) is 10.2. The zero-order valence-corrected chi connectivity index (χ0v) is 9.89. The summed E-state index contributed by atoms with van der Waals surface area (Å²) >= 11 is 2.22. The smallest absolute Gasteiger partial charge is 0.193 e. The van der Waals surface area contributed by atoms with Gasteiger partial charge in [-0.2, -0.15) is 5.21 Å². The van der Waals surface area contributed by atoms with E-state index in [1.54, 1.807) is 0 Å². The Morgan fingerprint density at radius 3 is 3.00 bits per heavy atom. The average molecular weight is 316 g/mol. The first-order valence-electron chi connectivity index (χ1n) is 4.27. The third kappa shape index (κ3) is 2.55. The number of aromatic amines is 1. The molecule has 1 heterocycles. The van der Waals surface area contributed by atoms with Crippen molar-refractivity contribution >= 4 is 34.0 Å². The molecule has 0 aliphatic heterocycles. The maximum absolute atomic E-state index is 5.65. The van der Waals surface area contributed by atoms with Crippen molar-refractivity contribution < 1.29 is 0 Å². The van der Waals surface area contributed by atoms with E-state index in [0.29, 0.717) is 12.4 Å². The molecule has 0 radical (unpaired) electrons. The first-order valence-corrected chi connectivity index (χ1v) is 5.35. The Balaban J connectivity index is 2.05. The van der Waals surface area contributed by atoms with E-state index in [2.05, 4.69) is 48.5 Å². The van der Waals surface area contributed by atoms with Gasteiger partial charge < -0.3 is 11.1 Å². The predicted octanol–water partition coefficient (Wildman–Crippen LogP) is 0.999. The summed E-state index contributed by atoms with van der Waals surface area (Å²) in [5.41, 5.74) is 7.41. The molecule has 0 saturated heterocycles. The van der Waals surface area contributed by atoms with Gasteiger partial charge in [0, 0.05) is 14.9 Å². The molecule has 7 heteroatoms. The van der Waals surface area contributed by atoms with Gasteiger partial charge in [0.15, 0.2) is 5.82 Å². The van der Waals surface area contributed by atoms with Crippen LogP contribution in [0.25, 0.3) is 0 Å². The second-order valence-electron chi connectivity index (χ2n) is 2.92. The third-order valence-electron chi connectivity index (χ3n) is 1.82. The molecule has 78 valence electrons. The quantitative estimate of drug-likeness (QED) is 0.580. The van der Waals surface area contributed by atoms with E-state index in [1.807, 2.05) is 18.2 Å². The summed E-state index contributed by atoms with van der Waals surface area (Å²) in [5.74, 6) is 0.627. The van der Waals surface area contributed by atoms with Crippen LogP contribution in [0.1, 0.15) is 5.82 Å². The van der Waals surface area contributed by atoms with Crippen molar-refractivity contribution in [1.82, 2.24) is 20.6 Å². The Kier molecular flexibility index (Phi) is 2.99. The topological polar surface area (TPSA) is 92.5 Å². The number of hydrogen-bond acceptors (Lipinski definition) is 5. The van der Waals surface area contributed by atoms with Crippen LogP contribution in [0.5, 0.6) is 0 Å². The number of anilines is 2. The number of tetrazole rings is 1. The van der Waals surface area contributed by atoms with E-state index >= 15 is 0 Å². The first kappa shape index (κ1) is 10.1. The van der Waals surface area contributed by atoms with Crippen molar-refractivity contribution in [2.45, 2.75) is 6.54 Å². The van der Waals surface area contributed by atoms with Gasteiger partial charge in [0.2, 0.25) is 0 Å². The Morgan fingerprint density at radius 2 is 2.33 bits per heavy atom. The molecule has 15 heavy (non-hydrogen) atoms. The molecule has 4 N–H and O–H groups in total. The van der Waals surface area contributed by atoms with Crippen molar-refractivity contribution in [2.24, 2.45) is 0 Å². The molecule has 0 unspecified atom stereocenters. The van der Waals surface area contributed by atoms with Crippen LogP contribution in [0.3, 0.4) is 0 Å². The van der Waals surface area contributed by atoms with E-state index in [9.17, 15) is 0 Å². The number of nitrogens with two attached hydrogens (primary N) is 1. The zero-order valence-electron chi connectivity index (χ0n) is 7.74. The fraction of sp³-hybridized carbons (Fsp3) is 0.125. The molecule has 2 rings (SSSR count). The summed E-state index contributed by atoms with van der Waals surface area (Å²) in [6, 6.07) is 5.68. The highest BCUT2D eigenvalue weighted by molar-refractivity contribution is 14.1. The van der Waals surface area contributed by atoms with Gasteiger partial charge in [-0.25, -0.2) is 0 Å². The van der Waals surface area contributed by atoms with Crippen molar-refractivity contribution in [3.8, 4) is 0 Å². The summed E-state index contributed by atoms with van der Waals surface area (Å²) in [6.07, 6.45) is 0. The SMILES string of the molecule is Nc1ccc(NCc2nn[nH]n2)c(I)c1. The Labute approximate surface area is 99.8 Å². The van der Waals surface area contributed by atoms with Gasteiger partial charge in [0.25, 0.3) is 0 Å². The van der Waals surface area contributed by atoms with Gasteiger partial charge in [0.1, 0.15) is 0 Å². The number of nitrogen functional groups attached to an aromatic ring is 1. The highest BCUT2D eigenvalue weighted by Crippen LogP contribution is 2.20. The molecule has 0 amide bonds. The van der Waals surface area contributed by atoms with Gasteiger partial charge in [-0.15, -0.1) is 10.2 Å². The Morgan fingerprint density at radius 1 is 1.47 bits per heavy atom. The summed E-state index contributed by atoms with van der Waals surface area (Å²) in [4.78, 5) is 0.